The van der Waals surface area contributed by atoms with Crippen LogP contribution in [0.4, 0.5) is 22.0 Å². The lowest BCUT2D eigenvalue weighted by atomic mass is 9.87. The maximum Gasteiger partial charge on any atom is 0.391 e. The van der Waals surface area contributed by atoms with Gasteiger partial charge in [0.15, 0.2) is 0 Å². The Kier molecular flexibility index (Phi) is 5.79. The highest BCUT2D eigenvalue weighted by Gasteiger charge is 2.42. The molecule has 21 heavy (non-hydrogen) atoms. The van der Waals surface area contributed by atoms with E-state index in [1.54, 1.807) is 0 Å². The molecule has 2 atom stereocenters. The summed E-state index contributed by atoms with van der Waals surface area (Å²) in [6.45, 7) is -2.35. The van der Waals surface area contributed by atoms with Crippen LogP contribution in [-0.4, -0.2) is 44.2 Å². The molecule has 1 heterocycles. The Morgan fingerprint density at radius 2 is 1.71 bits per heavy atom. The predicted molar refractivity (Wildman–Crippen MR) is 65.0 cm³/mol. The van der Waals surface area contributed by atoms with Crippen molar-refractivity contribution in [1.82, 2.24) is 5.32 Å². The van der Waals surface area contributed by atoms with E-state index in [0.717, 1.165) is 0 Å². The van der Waals surface area contributed by atoms with Gasteiger partial charge < -0.3 is 14.8 Å². The highest BCUT2D eigenvalue weighted by Crippen LogP contribution is 2.38. The Labute approximate surface area is 120 Å². The summed E-state index contributed by atoms with van der Waals surface area (Å²) in [4.78, 5) is 0. The van der Waals surface area contributed by atoms with Gasteiger partial charge in [-0.3, -0.25) is 0 Å². The topological polar surface area (TPSA) is 30.5 Å². The summed E-state index contributed by atoms with van der Waals surface area (Å²) in [5.74, 6) is -1.22. The van der Waals surface area contributed by atoms with Crippen molar-refractivity contribution >= 4 is 0 Å². The normalized spacial score (nSPS) is 34.6. The highest BCUT2D eigenvalue weighted by molar-refractivity contribution is 4.84. The van der Waals surface area contributed by atoms with Gasteiger partial charge >= 0.3 is 12.8 Å². The Morgan fingerprint density at radius 3 is 2.29 bits per heavy atom. The minimum Gasteiger partial charge on any atom is -0.374 e. The van der Waals surface area contributed by atoms with Crippen LogP contribution in [0.15, 0.2) is 0 Å². The van der Waals surface area contributed by atoms with Gasteiger partial charge in [-0.15, -0.1) is 0 Å². The average molecular weight is 317 g/mol. The molecule has 0 aromatic heterocycles. The molecular weight excluding hydrogens is 297 g/mol. The van der Waals surface area contributed by atoms with Crippen molar-refractivity contribution in [3.8, 4) is 0 Å². The van der Waals surface area contributed by atoms with Gasteiger partial charge in [-0.2, -0.15) is 22.0 Å². The molecule has 8 heteroatoms. The van der Waals surface area contributed by atoms with Gasteiger partial charge in [-0.1, -0.05) is 0 Å². The van der Waals surface area contributed by atoms with E-state index in [2.05, 4.69) is 10.1 Å². The first kappa shape index (κ1) is 16.9. The lowest BCUT2D eigenvalue weighted by Crippen LogP contribution is -2.33. The van der Waals surface area contributed by atoms with Crippen molar-refractivity contribution in [3.63, 3.8) is 0 Å². The van der Waals surface area contributed by atoms with E-state index in [4.69, 9.17) is 4.74 Å². The number of rotatable bonds is 5. The summed E-state index contributed by atoms with van der Waals surface area (Å²) in [5, 5.41) is 3.02. The molecule has 0 amide bonds. The lowest BCUT2D eigenvalue weighted by Gasteiger charge is -2.31. The minimum atomic E-state index is -4.11. The Morgan fingerprint density at radius 1 is 1.05 bits per heavy atom. The van der Waals surface area contributed by atoms with E-state index in [-0.39, 0.29) is 37.7 Å². The van der Waals surface area contributed by atoms with Crippen LogP contribution in [0.25, 0.3) is 0 Å². The third-order valence-electron chi connectivity index (χ3n) is 4.13. The molecule has 1 saturated heterocycles. The van der Waals surface area contributed by atoms with E-state index in [1.165, 1.54) is 0 Å². The van der Waals surface area contributed by atoms with Crippen LogP contribution in [0.3, 0.4) is 0 Å². The molecule has 0 aromatic carbocycles. The highest BCUT2D eigenvalue weighted by atomic mass is 19.4. The number of ether oxygens (including phenoxy) is 2. The van der Waals surface area contributed by atoms with Gasteiger partial charge in [-0.05, 0) is 32.1 Å². The zero-order chi connectivity index (χ0) is 15.5. The van der Waals surface area contributed by atoms with Crippen LogP contribution in [0.5, 0.6) is 0 Å². The van der Waals surface area contributed by atoms with Crippen molar-refractivity contribution in [2.75, 3.05) is 13.2 Å². The number of hydrogen-bond acceptors (Lipinski definition) is 3. The first-order chi connectivity index (χ1) is 9.84. The maximum atomic E-state index is 12.5. The molecular formula is C13H20F5NO2. The smallest absolute Gasteiger partial charge is 0.374 e. The molecule has 0 spiro atoms. The molecule has 0 bridgehead atoms. The molecule has 1 saturated carbocycles. The van der Waals surface area contributed by atoms with Crippen molar-refractivity contribution in [2.24, 2.45) is 5.92 Å². The van der Waals surface area contributed by atoms with Gasteiger partial charge in [-0.25, -0.2) is 0 Å². The second-order valence-electron chi connectivity index (χ2n) is 5.71. The fourth-order valence-corrected chi connectivity index (χ4v) is 3.00. The Balaban J connectivity index is 1.66. The van der Waals surface area contributed by atoms with Gasteiger partial charge in [0.2, 0.25) is 0 Å². The summed E-state index contributed by atoms with van der Waals surface area (Å²) in [6, 6.07) is -0.185. The fourth-order valence-electron chi connectivity index (χ4n) is 3.00. The van der Waals surface area contributed by atoms with Crippen molar-refractivity contribution in [2.45, 2.75) is 63.1 Å². The predicted octanol–water partition coefficient (Wildman–Crippen LogP) is 3.09. The summed E-state index contributed by atoms with van der Waals surface area (Å²) in [6.07, 6.45) is -2.85. The summed E-state index contributed by atoms with van der Waals surface area (Å²) < 4.78 is 71.5. The zero-order valence-corrected chi connectivity index (χ0v) is 11.5. The monoisotopic (exact) mass is 317 g/mol. The summed E-state index contributed by atoms with van der Waals surface area (Å²) in [7, 11) is 0. The quantitative estimate of drug-likeness (QED) is 0.791. The Hall–Kier alpha value is -0.470. The SMILES string of the molecule is FC(F)OC[C@@H]1C[C@H](OC2CCC(C(F)(F)F)CC2)CN1. The fraction of sp³-hybridized carbons (Fsp3) is 1.00. The number of halogens is 5. The van der Waals surface area contributed by atoms with E-state index in [1.807, 2.05) is 0 Å². The van der Waals surface area contributed by atoms with Crippen LogP contribution < -0.4 is 5.32 Å². The van der Waals surface area contributed by atoms with Gasteiger partial charge in [0.25, 0.3) is 0 Å². The number of alkyl halides is 5. The molecule has 0 aromatic rings. The Bertz CT molecular complexity index is 318. The van der Waals surface area contributed by atoms with Crippen LogP contribution in [0.2, 0.25) is 0 Å². The van der Waals surface area contributed by atoms with E-state index >= 15 is 0 Å². The molecule has 0 unspecified atom stereocenters. The first-order valence-corrected chi connectivity index (χ1v) is 7.20. The molecule has 0 radical (unpaired) electrons. The maximum absolute atomic E-state index is 12.5. The molecule has 124 valence electrons. The molecule has 2 fully saturated rings. The molecule has 2 rings (SSSR count). The summed E-state index contributed by atoms with van der Waals surface area (Å²) in [5.41, 5.74) is 0. The van der Waals surface area contributed by atoms with E-state index in [0.29, 0.717) is 25.8 Å². The molecule has 1 N–H and O–H groups in total. The van der Waals surface area contributed by atoms with Crippen molar-refractivity contribution in [3.05, 3.63) is 0 Å². The second-order valence-corrected chi connectivity index (χ2v) is 5.71. The molecule has 1 aliphatic heterocycles. The zero-order valence-electron chi connectivity index (χ0n) is 11.5. The third-order valence-corrected chi connectivity index (χ3v) is 4.13. The second kappa shape index (κ2) is 7.19. The van der Waals surface area contributed by atoms with Gasteiger partial charge in [0.1, 0.15) is 0 Å². The van der Waals surface area contributed by atoms with Crippen molar-refractivity contribution < 1.29 is 31.4 Å². The molecule has 3 nitrogen and oxygen atoms in total. The van der Waals surface area contributed by atoms with Crippen molar-refractivity contribution in [1.29, 1.82) is 0 Å². The van der Waals surface area contributed by atoms with Gasteiger partial charge in [0, 0.05) is 12.6 Å². The van der Waals surface area contributed by atoms with Crippen LogP contribution >= 0.6 is 0 Å². The largest absolute Gasteiger partial charge is 0.391 e. The standard InChI is InChI=1S/C13H20F5NO2/c14-12(15)20-7-9-5-11(6-19-9)21-10-3-1-8(2-4-10)13(16,17)18/h8-12,19H,1-7H2/t8?,9-,10?,11-/m0/s1. The third kappa shape index (κ3) is 5.34. The van der Waals surface area contributed by atoms with Gasteiger partial charge in [0.05, 0.1) is 24.7 Å². The van der Waals surface area contributed by atoms with E-state index in [9.17, 15) is 22.0 Å². The van der Waals surface area contributed by atoms with Crippen LogP contribution in [0, 0.1) is 5.92 Å². The minimum absolute atomic E-state index is 0.0850. The summed E-state index contributed by atoms with van der Waals surface area (Å²) >= 11 is 0. The lowest BCUT2D eigenvalue weighted by molar-refractivity contribution is -0.189. The van der Waals surface area contributed by atoms with Crippen LogP contribution in [-0.2, 0) is 9.47 Å². The first-order valence-electron chi connectivity index (χ1n) is 7.20. The number of hydrogen-bond donors (Lipinski definition) is 1. The molecule has 2 aliphatic rings. The average Bonchev–Trinajstić information content (AvgIpc) is 2.83. The van der Waals surface area contributed by atoms with E-state index < -0.39 is 18.7 Å². The number of nitrogens with one attached hydrogen (secondary N) is 1. The van der Waals surface area contributed by atoms with Crippen LogP contribution in [0.1, 0.15) is 32.1 Å². The molecule has 1 aliphatic carbocycles.